The summed E-state index contributed by atoms with van der Waals surface area (Å²) in [5, 5.41) is 6.50. The number of hydrogen-bond acceptors (Lipinski definition) is 5. The maximum absolute atomic E-state index is 12.7. The molecular formula is C24H26N4O2. The summed E-state index contributed by atoms with van der Waals surface area (Å²) in [6.07, 6.45) is 0. The van der Waals surface area contributed by atoms with Crippen LogP contribution >= 0.6 is 0 Å². The smallest absolute Gasteiger partial charge is 0.270 e. The van der Waals surface area contributed by atoms with Crippen molar-refractivity contribution < 1.29 is 9.53 Å². The van der Waals surface area contributed by atoms with E-state index >= 15 is 0 Å². The highest BCUT2D eigenvalue weighted by Crippen LogP contribution is 2.21. The summed E-state index contributed by atoms with van der Waals surface area (Å²) in [6, 6.07) is 23.9. The number of benzene rings is 2. The van der Waals surface area contributed by atoms with Gasteiger partial charge in [0.15, 0.2) is 0 Å². The van der Waals surface area contributed by atoms with Gasteiger partial charge in [0.25, 0.3) is 5.91 Å². The van der Waals surface area contributed by atoms with E-state index in [-0.39, 0.29) is 11.9 Å². The number of nitrogens with zero attached hydrogens (tertiary/aromatic N) is 2. The fourth-order valence-electron chi connectivity index (χ4n) is 3.65. The van der Waals surface area contributed by atoms with Gasteiger partial charge in [-0.2, -0.15) is 0 Å². The minimum atomic E-state index is -0.186. The molecule has 1 fully saturated rings. The molecular weight excluding hydrogens is 376 g/mol. The van der Waals surface area contributed by atoms with E-state index in [1.54, 1.807) is 13.2 Å². The van der Waals surface area contributed by atoms with Crippen molar-refractivity contribution in [2.45, 2.75) is 12.6 Å². The molecule has 1 aliphatic heterocycles. The van der Waals surface area contributed by atoms with Crippen molar-refractivity contribution in [3.63, 3.8) is 0 Å². The molecule has 0 spiro atoms. The van der Waals surface area contributed by atoms with Crippen molar-refractivity contribution in [1.29, 1.82) is 0 Å². The number of rotatable bonds is 6. The third-order valence-electron chi connectivity index (χ3n) is 5.26. The number of nitrogens with one attached hydrogen (secondary N) is 2. The lowest BCUT2D eigenvalue weighted by Gasteiger charge is -2.35. The summed E-state index contributed by atoms with van der Waals surface area (Å²) in [6.45, 7) is 2.95. The molecule has 1 aliphatic rings. The zero-order valence-electron chi connectivity index (χ0n) is 17.0. The SMILES string of the molecule is COc1cccc(CNC(=O)c2cccc(N3CCN[C@@H](c4ccccc4)C3)n2)c1. The van der Waals surface area contributed by atoms with Gasteiger partial charge < -0.3 is 20.3 Å². The molecule has 6 nitrogen and oxygen atoms in total. The first kappa shape index (κ1) is 19.9. The molecule has 2 N–H and O–H groups in total. The second kappa shape index (κ2) is 9.41. The number of pyridine rings is 1. The molecule has 1 aromatic heterocycles. The topological polar surface area (TPSA) is 66.5 Å². The highest BCUT2D eigenvalue weighted by Gasteiger charge is 2.22. The van der Waals surface area contributed by atoms with E-state index in [0.29, 0.717) is 12.2 Å². The molecule has 2 aromatic carbocycles. The molecule has 0 saturated carbocycles. The van der Waals surface area contributed by atoms with Gasteiger partial charge in [-0.05, 0) is 35.4 Å². The van der Waals surface area contributed by atoms with Crippen LogP contribution in [0.4, 0.5) is 5.82 Å². The third-order valence-corrected chi connectivity index (χ3v) is 5.26. The Balaban J connectivity index is 1.42. The van der Waals surface area contributed by atoms with Crippen molar-refractivity contribution in [2.75, 3.05) is 31.6 Å². The minimum absolute atomic E-state index is 0.186. The molecule has 1 saturated heterocycles. The highest BCUT2D eigenvalue weighted by molar-refractivity contribution is 5.92. The quantitative estimate of drug-likeness (QED) is 0.663. The largest absolute Gasteiger partial charge is 0.497 e. The zero-order chi connectivity index (χ0) is 20.8. The van der Waals surface area contributed by atoms with Crippen molar-refractivity contribution in [3.05, 3.63) is 89.6 Å². The normalized spacial score (nSPS) is 16.2. The molecule has 30 heavy (non-hydrogen) atoms. The first-order valence-corrected chi connectivity index (χ1v) is 10.1. The van der Waals surface area contributed by atoms with Gasteiger partial charge in [-0.1, -0.05) is 48.5 Å². The van der Waals surface area contributed by atoms with Crippen LogP contribution in [0, 0.1) is 0 Å². The van der Waals surface area contributed by atoms with Crippen molar-refractivity contribution >= 4 is 11.7 Å². The van der Waals surface area contributed by atoms with E-state index < -0.39 is 0 Å². The Morgan fingerprint density at radius 1 is 1.13 bits per heavy atom. The Bertz CT molecular complexity index is 993. The Hall–Kier alpha value is -3.38. The molecule has 0 bridgehead atoms. The summed E-state index contributed by atoms with van der Waals surface area (Å²) in [4.78, 5) is 19.5. The summed E-state index contributed by atoms with van der Waals surface area (Å²) < 4.78 is 5.23. The summed E-state index contributed by atoms with van der Waals surface area (Å²) >= 11 is 0. The van der Waals surface area contributed by atoms with E-state index in [9.17, 15) is 4.79 Å². The number of carbonyl (C=O) groups is 1. The van der Waals surface area contributed by atoms with E-state index in [0.717, 1.165) is 36.8 Å². The summed E-state index contributed by atoms with van der Waals surface area (Å²) in [5.74, 6) is 1.41. The molecule has 0 aliphatic carbocycles. The van der Waals surface area contributed by atoms with Gasteiger partial charge in [-0.15, -0.1) is 0 Å². The maximum Gasteiger partial charge on any atom is 0.270 e. The molecule has 1 amide bonds. The molecule has 2 heterocycles. The Morgan fingerprint density at radius 2 is 1.97 bits per heavy atom. The standard InChI is InChI=1S/C24H26N4O2/c1-30-20-10-5-7-18(15-20)16-26-24(29)21-11-6-12-23(27-21)28-14-13-25-22(17-28)19-8-3-2-4-9-19/h2-12,15,22,25H,13-14,16-17H2,1H3,(H,26,29)/t22-/m1/s1. The lowest BCUT2D eigenvalue weighted by molar-refractivity contribution is 0.0946. The zero-order valence-corrected chi connectivity index (χ0v) is 17.0. The third kappa shape index (κ3) is 4.78. The predicted octanol–water partition coefficient (Wildman–Crippen LogP) is 3.17. The molecule has 154 valence electrons. The van der Waals surface area contributed by atoms with Crippen LogP contribution in [0.5, 0.6) is 5.75 Å². The van der Waals surface area contributed by atoms with Crippen LogP contribution in [0.15, 0.2) is 72.8 Å². The lowest BCUT2D eigenvalue weighted by Crippen LogP contribution is -2.46. The van der Waals surface area contributed by atoms with E-state index in [4.69, 9.17) is 4.74 Å². The minimum Gasteiger partial charge on any atom is -0.497 e. The number of piperazine rings is 1. The van der Waals surface area contributed by atoms with Gasteiger partial charge in [0, 0.05) is 32.2 Å². The van der Waals surface area contributed by atoms with Gasteiger partial charge in [-0.3, -0.25) is 4.79 Å². The van der Waals surface area contributed by atoms with Crippen LogP contribution in [0.3, 0.4) is 0 Å². The molecule has 3 aromatic rings. The van der Waals surface area contributed by atoms with Gasteiger partial charge in [0.05, 0.1) is 7.11 Å². The molecule has 1 atom stereocenters. The highest BCUT2D eigenvalue weighted by atomic mass is 16.5. The maximum atomic E-state index is 12.7. The van der Waals surface area contributed by atoms with Crippen LogP contribution in [0.2, 0.25) is 0 Å². The molecule has 6 heteroatoms. The summed E-state index contributed by atoms with van der Waals surface area (Å²) in [5.41, 5.74) is 2.66. The predicted molar refractivity (Wildman–Crippen MR) is 118 cm³/mol. The lowest BCUT2D eigenvalue weighted by atomic mass is 10.0. The number of anilines is 1. The number of hydrogen-bond donors (Lipinski definition) is 2. The summed E-state index contributed by atoms with van der Waals surface area (Å²) in [7, 11) is 1.63. The molecule has 4 rings (SSSR count). The second-order valence-corrected chi connectivity index (χ2v) is 7.28. The van der Waals surface area contributed by atoms with Gasteiger partial charge in [0.2, 0.25) is 0 Å². The van der Waals surface area contributed by atoms with E-state index in [1.165, 1.54) is 5.56 Å². The first-order chi connectivity index (χ1) is 14.7. The Labute approximate surface area is 176 Å². The average molecular weight is 402 g/mol. The van der Waals surface area contributed by atoms with Crippen molar-refractivity contribution in [3.8, 4) is 5.75 Å². The average Bonchev–Trinajstić information content (AvgIpc) is 2.83. The number of ether oxygens (including phenoxy) is 1. The number of amides is 1. The Kier molecular flexibility index (Phi) is 6.25. The van der Waals surface area contributed by atoms with Crippen LogP contribution in [0.25, 0.3) is 0 Å². The van der Waals surface area contributed by atoms with Crippen molar-refractivity contribution in [1.82, 2.24) is 15.6 Å². The monoisotopic (exact) mass is 402 g/mol. The van der Waals surface area contributed by atoms with Crippen LogP contribution in [-0.4, -0.2) is 37.6 Å². The molecule has 0 unspecified atom stereocenters. The van der Waals surface area contributed by atoms with Crippen LogP contribution in [0.1, 0.15) is 27.7 Å². The Morgan fingerprint density at radius 3 is 2.80 bits per heavy atom. The van der Waals surface area contributed by atoms with E-state index in [2.05, 4.69) is 44.8 Å². The fourth-order valence-corrected chi connectivity index (χ4v) is 3.65. The van der Waals surface area contributed by atoms with Gasteiger partial charge in [0.1, 0.15) is 17.3 Å². The number of carbonyl (C=O) groups excluding carboxylic acids is 1. The fraction of sp³-hybridized carbons (Fsp3) is 0.250. The molecule has 0 radical (unpaired) electrons. The number of methoxy groups -OCH3 is 1. The van der Waals surface area contributed by atoms with Crippen molar-refractivity contribution in [2.24, 2.45) is 0 Å². The van der Waals surface area contributed by atoms with Crippen LogP contribution in [-0.2, 0) is 6.54 Å². The number of aromatic nitrogens is 1. The van der Waals surface area contributed by atoms with Crippen LogP contribution < -0.4 is 20.3 Å². The van der Waals surface area contributed by atoms with E-state index in [1.807, 2.05) is 42.5 Å². The van der Waals surface area contributed by atoms with Gasteiger partial charge >= 0.3 is 0 Å². The first-order valence-electron chi connectivity index (χ1n) is 10.1. The second-order valence-electron chi connectivity index (χ2n) is 7.28. The van der Waals surface area contributed by atoms with Gasteiger partial charge in [-0.25, -0.2) is 4.98 Å².